The summed E-state index contributed by atoms with van der Waals surface area (Å²) in [5.74, 6) is 0. The Morgan fingerprint density at radius 1 is 0.380 bits per heavy atom. The van der Waals surface area contributed by atoms with Crippen LogP contribution in [0.15, 0.2) is 66.2 Å². The van der Waals surface area contributed by atoms with Crippen LogP contribution in [0.3, 0.4) is 0 Å². The van der Waals surface area contributed by atoms with Gasteiger partial charge in [-0.3, -0.25) is 0 Å². The molecule has 7 rings (SSSR count). The van der Waals surface area contributed by atoms with Crippen molar-refractivity contribution < 1.29 is 0 Å². The van der Waals surface area contributed by atoms with Gasteiger partial charge in [-0.1, -0.05) is 12.1 Å². The van der Waals surface area contributed by atoms with Gasteiger partial charge in [0.05, 0.1) is 45.3 Å². The highest BCUT2D eigenvalue weighted by Gasteiger charge is 2.30. The van der Waals surface area contributed by atoms with Crippen LogP contribution < -0.4 is 0 Å². The fraction of sp³-hybridized carbons (Fsp3) is 0. The van der Waals surface area contributed by atoms with Crippen molar-refractivity contribution in [3.63, 3.8) is 0 Å². The van der Waals surface area contributed by atoms with Crippen LogP contribution in [-0.2, 0) is 0 Å². The zero-order valence-corrected chi connectivity index (χ0v) is 25.1. The molecule has 1 aliphatic rings. The first-order valence-electron chi connectivity index (χ1n) is 14.4. The highest BCUT2D eigenvalue weighted by molar-refractivity contribution is 6.07. The molecule has 6 aromatic rings. The number of allylic oxidation sites excluding steroid dienone is 1. The lowest BCUT2D eigenvalue weighted by Crippen LogP contribution is -1.96. The molecule has 1 aliphatic carbocycles. The minimum absolute atomic E-state index is 0.104. The summed E-state index contributed by atoms with van der Waals surface area (Å²) >= 11 is 0. The van der Waals surface area contributed by atoms with Crippen molar-refractivity contribution in [2.75, 3.05) is 0 Å². The Bertz CT molecular complexity index is 2770. The number of nitrogens with zero attached hydrogens (tertiary/aromatic N) is 12. The predicted octanol–water partition coefficient (Wildman–Crippen LogP) is 5.97. The standard InChI is InChI=1S/C38H10N12/c39-11-21-5-28-26(9-24(21)19-1-3-30-32(7-19)49-36(17-45)34(15-43)47-30)27-10-25(22(12-40)6-29(27)38(28)23(13-41)14-42)20-2-4-31-33(8-20)50-37(18-46)35(16-44)48-31/h1-10H. The third-order valence-electron chi connectivity index (χ3n) is 8.23. The molecule has 12 nitrogen and oxygen atoms in total. The van der Waals surface area contributed by atoms with E-state index < -0.39 is 0 Å². The molecule has 0 fully saturated rings. The summed E-state index contributed by atoms with van der Waals surface area (Å²) in [6.45, 7) is 0. The molecule has 222 valence electrons. The van der Waals surface area contributed by atoms with Crippen molar-refractivity contribution in [1.82, 2.24) is 19.9 Å². The number of benzene rings is 4. The minimum atomic E-state index is -0.199. The molecule has 2 heterocycles. The molecule has 0 radical (unpaired) electrons. The van der Waals surface area contributed by atoms with E-state index in [9.17, 15) is 42.1 Å². The molecule has 4 aromatic carbocycles. The Kier molecular flexibility index (Phi) is 6.90. The molecule has 0 N–H and O–H groups in total. The molecule has 12 heteroatoms. The van der Waals surface area contributed by atoms with Crippen molar-refractivity contribution in [3.05, 3.63) is 111 Å². The maximum absolute atomic E-state index is 10.3. The first kappa shape index (κ1) is 29.9. The summed E-state index contributed by atoms with van der Waals surface area (Å²) in [5, 5.41) is 78.1. The van der Waals surface area contributed by atoms with Crippen LogP contribution in [0.1, 0.15) is 45.0 Å². The van der Waals surface area contributed by atoms with Gasteiger partial charge in [0, 0.05) is 16.7 Å². The van der Waals surface area contributed by atoms with E-state index in [-0.39, 0.29) is 45.0 Å². The van der Waals surface area contributed by atoms with Crippen LogP contribution in [0.25, 0.3) is 61.0 Å². The van der Waals surface area contributed by atoms with Gasteiger partial charge in [0.1, 0.15) is 42.0 Å². The first-order chi connectivity index (χ1) is 24.4. The summed E-state index contributed by atoms with van der Waals surface area (Å²) in [7, 11) is 0. The Balaban J connectivity index is 1.49. The molecule has 0 atom stereocenters. The lowest BCUT2D eigenvalue weighted by Gasteiger charge is -2.11. The van der Waals surface area contributed by atoms with Crippen LogP contribution in [0, 0.1) is 90.6 Å². The van der Waals surface area contributed by atoms with E-state index in [0.717, 1.165) is 0 Å². The molecule has 0 spiro atoms. The van der Waals surface area contributed by atoms with E-state index in [1.54, 1.807) is 60.7 Å². The average molecular weight is 635 g/mol. The summed E-state index contributed by atoms with van der Waals surface area (Å²) in [4.78, 5) is 17.0. The largest absolute Gasteiger partial charge is 0.232 e. The second kappa shape index (κ2) is 11.5. The monoisotopic (exact) mass is 634 g/mol. The lowest BCUT2D eigenvalue weighted by atomic mass is 9.91. The minimum Gasteiger partial charge on any atom is -0.232 e. The van der Waals surface area contributed by atoms with E-state index in [0.29, 0.717) is 66.6 Å². The molecule has 0 amide bonds. The molecular formula is C38H10N12. The zero-order valence-electron chi connectivity index (χ0n) is 25.1. The number of hydrogen-bond donors (Lipinski definition) is 0. The van der Waals surface area contributed by atoms with Crippen molar-refractivity contribution in [3.8, 4) is 81.9 Å². The quantitative estimate of drug-likeness (QED) is 0.200. The van der Waals surface area contributed by atoms with Crippen molar-refractivity contribution in [1.29, 1.82) is 42.1 Å². The van der Waals surface area contributed by atoms with Gasteiger partial charge in [0.2, 0.25) is 0 Å². The number of hydrogen-bond acceptors (Lipinski definition) is 12. The molecule has 2 aromatic heterocycles. The maximum Gasteiger partial charge on any atom is 0.177 e. The Labute approximate surface area is 282 Å². The molecule has 0 aliphatic heterocycles. The highest BCUT2D eigenvalue weighted by Crippen LogP contribution is 2.50. The number of fused-ring (bicyclic) bond motifs is 5. The normalized spacial score (nSPS) is 10.6. The molecular weight excluding hydrogens is 625 g/mol. The van der Waals surface area contributed by atoms with E-state index in [1.807, 2.05) is 36.4 Å². The van der Waals surface area contributed by atoms with Crippen molar-refractivity contribution in [2.45, 2.75) is 0 Å². The number of rotatable bonds is 2. The summed E-state index contributed by atoms with van der Waals surface area (Å²) in [6, 6.07) is 32.5. The smallest absolute Gasteiger partial charge is 0.177 e. The SMILES string of the molecule is N#CC(C#N)=C1c2cc(C#N)c(-c3ccc4nc(C#N)c(C#N)nc4c3)cc2-c2cc(-c3ccc4nc(C#N)c(C#N)nc4c3)c(C#N)cc21. The van der Waals surface area contributed by atoms with E-state index in [2.05, 4.69) is 32.1 Å². The van der Waals surface area contributed by atoms with Gasteiger partial charge in [0.25, 0.3) is 0 Å². The van der Waals surface area contributed by atoms with Gasteiger partial charge in [-0.25, -0.2) is 19.9 Å². The lowest BCUT2D eigenvalue weighted by molar-refractivity contribution is 1.20. The van der Waals surface area contributed by atoms with Gasteiger partial charge >= 0.3 is 0 Å². The summed E-state index contributed by atoms with van der Waals surface area (Å²) in [6.07, 6.45) is 0. The predicted molar refractivity (Wildman–Crippen MR) is 174 cm³/mol. The van der Waals surface area contributed by atoms with Crippen LogP contribution in [0.4, 0.5) is 0 Å². The van der Waals surface area contributed by atoms with Gasteiger partial charge in [-0.05, 0) is 81.9 Å². The summed E-state index contributed by atoms with van der Waals surface area (Å²) < 4.78 is 0. The number of nitriles is 8. The molecule has 0 saturated heterocycles. The third kappa shape index (κ3) is 4.47. The van der Waals surface area contributed by atoms with Crippen LogP contribution in [-0.4, -0.2) is 19.9 Å². The average Bonchev–Trinajstić information content (AvgIpc) is 3.47. The molecule has 0 saturated carbocycles. The Morgan fingerprint density at radius 3 is 1.10 bits per heavy atom. The van der Waals surface area contributed by atoms with Crippen molar-refractivity contribution in [2.24, 2.45) is 0 Å². The van der Waals surface area contributed by atoms with Crippen molar-refractivity contribution >= 4 is 27.6 Å². The van der Waals surface area contributed by atoms with Crippen LogP contribution in [0.5, 0.6) is 0 Å². The van der Waals surface area contributed by atoms with E-state index in [1.165, 1.54) is 0 Å². The second-order valence-electron chi connectivity index (χ2n) is 10.8. The Morgan fingerprint density at radius 2 is 0.760 bits per heavy atom. The first-order valence-corrected chi connectivity index (χ1v) is 14.4. The molecule has 50 heavy (non-hydrogen) atoms. The van der Waals surface area contributed by atoms with Gasteiger partial charge in [0.15, 0.2) is 22.8 Å². The highest BCUT2D eigenvalue weighted by atomic mass is 14.8. The fourth-order valence-electron chi connectivity index (χ4n) is 6.03. The third-order valence-corrected chi connectivity index (χ3v) is 8.23. The second-order valence-corrected chi connectivity index (χ2v) is 10.8. The Hall–Kier alpha value is -8.78. The molecule has 0 bridgehead atoms. The summed E-state index contributed by atoms with van der Waals surface area (Å²) in [5.41, 5.74) is 5.69. The van der Waals surface area contributed by atoms with E-state index in [4.69, 9.17) is 0 Å². The fourth-order valence-corrected chi connectivity index (χ4v) is 6.03. The molecule has 0 unspecified atom stereocenters. The topological polar surface area (TPSA) is 242 Å². The van der Waals surface area contributed by atoms with Gasteiger partial charge < -0.3 is 0 Å². The van der Waals surface area contributed by atoms with Gasteiger partial charge in [-0.15, -0.1) is 0 Å². The van der Waals surface area contributed by atoms with Crippen LogP contribution in [0.2, 0.25) is 0 Å². The zero-order chi connectivity index (χ0) is 35.1. The van der Waals surface area contributed by atoms with Gasteiger partial charge in [-0.2, -0.15) is 42.1 Å². The van der Waals surface area contributed by atoms with Crippen LogP contribution >= 0.6 is 0 Å². The number of aromatic nitrogens is 4. The van der Waals surface area contributed by atoms with E-state index >= 15 is 0 Å². The maximum atomic E-state index is 10.3.